The highest BCUT2D eigenvalue weighted by Gasteiger charge is 2.43. The van der Waals surface area contributed by atoms with Crippen molar-refractivity contribution in [3.63, 3.8) is 0 Å². The molecule has 3 rings (SSSR count). The smallest absolute Gasteiger partial charge is 0.164 e. The van der Waals surface area contributed by atoms with Crippen molar-refractivity contribution >= 4 is 22.6 Å². The summed E-state index contributed by atoms with van der Waals surface area (Å²) in [4.78, 5) is 4.24. The van der Waals surface area contributed by atoms with E-state index in [9.17, 15) is 10.2 Å². The molecule has 4 unspecified atom stereocenters. The largest absolute Gasteiger partial charge is 0.394 e. The van der Waals surface area contributed by atoms with Gasteiger partial charge in [0.15, 0.2) is 6.23 Å². The fourth-order valence-electron chi connectivity index (χ4n) is 2.57. The maximum absolute atomic E-state index is 10.1. The van der Waals surface area contributed by atoms with Crippen LogP contribution in [-0.2, 0) is 4.74 Å². The molecule has 20 heavy (non-hydrogen) atoms. The van der Waals surface area contributed by atoms with E-state index in [-0.39, 0.29) is 6.61 Å². The average molecular weight is 299 g/mol. The minimum atomic E-state index is -1.14. The Hall–Kier alpha value is -1.18. The molecule has 1 aliphatic heterocycles. The first-order chi connectivity index (χ1) is 9.52. The van der Waals surface area contributed by atoms with E-state index in [4.69, 9.17) is 21.4 Å². The lowest BCUT2D eigenvalue weighted by Gasteiger charge is -2.17. The van der Waals surface area contributed by atoms with Gasteiger partial charge in [0, 0.05) is 11.6 Å². The van der Waals surface area contributed by atoms with Gasteiger partial charge in [-0.3, -0.25) is 0 Å². The molecular weight excluding hydrogens is 284 g/mol. The van der Waals surface area contributed by atoms with Crippen molar-refractivity contribution in [3.05, 3.63) is 29.0 Å². The van der Waals surface area contributed by atoms with Crippen LogP contribution >= 0.6 is 11.6 Å². The number of aryl methyl sites for hydroxylation is 1. The van der Waals surface area contributed by atoms with Gasteiger partial charge >= 0.3 is 0 Å². The summed E-state index contributed by atoms with van der Waals surface area (Å²) >= 11 is 5.96. The summed E-state index contributed by atoms with van der Waals surface area (Å²) in [5.41, 5.74) is 1.54. The lowest BCUT2D eigenvalue weighted by Crippen LogP contribution is -2.33. The molecule has 3 heterocycles. The number of pyridine rings is 1. The molecule has 1 saturated heterocycles. The summed E-state index contributed by atoms with van der Waals surface area (Å²) in [5, 5.41) is 30.2. The topological polar surface area (TPSA) is 87.7 Å². The first-order valence-corrected chi connectivity index (χ1v) is 6.67. The van der Waals surface area contributed by atoms with Crippen molar-refractivity contribution in [2.24, 2.45) is 0 Å². The summed E-state index contributed by atoms with van der Waals surface area (Å²) in [6, 6.07) is 3.61. The van der Waals surface area contributed by atoms with E-state index < -0.39 is 24.5 Å². The van der Waals surface area contributed by atoms with Crippen molar-refractivity contribution < 1.29 is 20.1 Å². The van der Waals surface area contributed by atoms with Crippen LogP contribution < -0.4 is 0 Å². The minimum absolute atomic E-state index is 0.349. The van der Waals surface area contributed by atoms with Crippen molar-refractivity contribution in [1.82, 2.24) is 9.55 Å². The van der Waals surface area contributed by atoms with Gasteiger partial charge in [0.2, 0.25) is 0 Å². The Labute approximate surface area is 120 Å². The van der Waals surface area contributed by atoms with Gasteiger partial charge in [-0.2, -0.15) is 0 Å². The zero-order chi connectivity index (χ0) is 14.4. The molecule has 3 N–H and O–H groups in total. The number of ether oxygens (including phenoxy) is 1. The van der Waals surface area contributed by atoms with Crippen molar-refractivity contribution in [3.8, 4) is 0 Å². The van der Waals surface area contributed by atoms with Crippen molar-refractivity contribution in [1.29, 1.82) is 0 Å². The van der Waals surface area contributed by atoms with Crippen LogP contribution in [0.5, 0.6) is 0 Å². The molecule has 0 spiro atoms. The number of aromatic nitrogens is 2. The Morgan fingerprint density at radius 1 is 1.40 bits per heavy atom. The van der Waals surface area contributed by atoms with Gasteiger partial charge < -0.3 is 24.6 Å². The quantitative estimate of drug-likeness (QED) is 0.707. The number of hydrogen-bond donors (Lipinski definition) is 3. The Morgan fingerprint density at radius 3 is 2.80 bits per heavy atom. The number of hydrogen-bond acceptors (Lipinski definition) is 5. The lowest BCUT2D eigenvalue weighted by atomic mass is 10.1. The van der Waals surface area contributed by atoms with Gasteiger partial charge in [-0.05, 0) is 24.6 Å². The van der Waals surface area contributed by atoms with E-state index in [2.05, 4.69) is 4.98 Å². The van der Waals surface area contributed by atoms with E-state index >= 15 is 0 Å². The maximum Gasteiger partial charge on any atom is 0.164 e. The fraction of sp³-hybridized carbons (Fsp3) is 0.462. The predicted octanol–water partition coefficient (Wildman–Crippen LogP) is 0.610. The number of nitrogens with zero attached hydrogens (tertiary/aromatic N) is 2. The zero-order valence-electron chi connectivity index (χ0n) is 10.8. The molecule has 7 heteroatoms. The molecule has 1 aliphatic rings. The standard InChI is InChI=1S/C13H15ClN2O4/c1-6-4-9(14)15-12-7(6)2-3-16(12)13-11(19)10(18)8(5-17)20-13/h2-4,8,10-11,13,17-19H,5H2,1H3. The molecule has 4 atom stereocenters. The molecule has 0 amide bonds. The number of aliphatic hydroxyl groups is 3. The predicted molar refractivity (Wildman–Crippen MR) is 72.5 cm³/mol. The molecular formula is C13H15ClN2O4. The third-order valence-electron chi connectivity index (χ3n) is 3.65. The number of aliphatic hydroxyl groups excluding tert-OH is 3. The molecule has 6 nitrogen and oxygen atoms in total. The first kappa shape index (κ1) is 13.8. The summed E-state index contributed by atoms with van der Waals surface area (Å²) in [6.45, 7) is 1.55. The van der Waals surface area contributed by atoms with Gasteiger partial charge in [-0.25, -0.2) is 4.98 Å². The second-order valence-corrected chi connectivity index (χ2v) is 5.34. The summed E-state index contributed by atoms with van der Waals surface area (Å²) in [5.74, 6) is 0. The van der Waals surface area contributed by atoms with Gasteiger partial charge in [0.1, 0.15) is 29.1 Å². The van der Waals surface area contributed by atoms with E-state index in [1.54, 1.807) is 16.8 Å². The Kier molecular flexibility index (Phi) is 3.43. The van der Waals surface area contributed by atoms with Crippen LogP contribution in [0.4, 0.5) is 0 Å². The Morgan fingerprint density at radius 2 is 2.15 bits per heavy atom. The number of rotatable bonds is 2. The minimum Gasteiger partial charge on any atom is -0.394 e. The zero-order valence-corrected chi connectivity index (χ0v) is 11.5. The van der Waals surface area contributed by atoms with E-state index in [1.807, 2.05) is 13.0 Å². The van der Waals surface area contributed by atoms with Crippen LogP contribution in [0.25, 0.3) is 11.0 Å². The van der Waals surface area contributed by atoms with Crippen molar-refractivity contribution in [2.75, 3.05) is 6.61 Å². The van der Waals surface area contributed by atoms with Crippen LogP contribution in [0.3, 0.4) is 0 Å². The van der Waals surface area contributed by atoms with Crippen LogP contribution in [-0.4, -0.2) is 49.8 Å². The molecule has 0 bridgehead atoms. The third kappa shape index (κ3) is 2.01. The summed E-state index contributed by atoms with van der Waals surface area (Å²) in [6.07, 6.45) is -2.16. The SMILES string of the molecule is Cc1cc(Cl)nc2c1ccn2C1OC(CO)C(O)C1O. The molecule has 0 radical (unpaired) electrons. The first-order valence-electron chi connectivity index (χ1n) is 6.29. The number of fused-ring (bicyclic) bond motifs is 1. The third-order valence-corrected chi connectivity index (χ3v) is 3.85. The normalized spacial score (nSPS) is 30.2. The summed E-state index contributed by atoms with van der Waals surface area (Å²) < 4.78 is 7.12. The fourth-order valence-corrected chi connectivity index (χ4v) is 2.81. The lowest BCUT2D eigenvalue weighted by molar-refractivity contribution is -0.0508. The van der Waals surface area contributed by atoms with Crippen LogP contribution in [0, 0.1) is 6.92 Å². The summed E-state index contributed by atoms with van der Waals surface area (Å²) in [7, 11) is 0. The van der Waals surface area contributed by atoms with Gasteiger partial charge in [0.25, 0.3) is 0 Å². The van der Waals surface area contributed by atoms with Crippen molar-refractivity contribution in [2.45, 2.75) is 31.5 Å². The highest BCUT2D eigenvalue weighted by molar-refractivity contribution is 6.29. The molecule has 2 aromatic heterocycles. The second-order valence-electron chi connectivity index (χ2n) is 4.95. The van der Waals surface area contributed by atoms with Crippen LogP contribution in [0.1, 0.15) is 11.8 Å². The molecule has 2 aromatic rings. The maximum atomic E-state index is 10.1. The molecule has 108 valence electrons. The molecule has 0 aromatic carbocycles. The molecule has 0 saturated carbocycles. The van der Waals surface area contributed by atoms with E-state index in [0.717, 1.165) is 10.9 Å². The molecule has 1 fully saturated rings. The monoisotopic (exact) mass is 298 g/mol. The van der Waals surface area contributed by atoms with Gasteiger partial charge in [0.05, 0.1) is 6.61 Å². The Bertz CT molecular complexity index is 645. The highest BCUT2D eigenvalue weighted by Crippen LogP contribution is 2.33. The van der Waals surface area contributed by atoms with Gasteiger partial charge in [-0.15, -0.1) is 0 Å². The molecule has 0 aliphatic carbocycles. The van der Waals surface area contributed by atoms with E-state index in [1.165, 1.54) is 0 Å². The highest BCUT2D eigenvalue weighted by atomic mass is 35.5. The van der Waals surface area contributed by atoms with E-state index in [0.29, 0.717) is 10.8 Å². The second kappa shape index (κ2) is 4.98. The van der Waals surface area contributed by atoms with Crippen LogP contribution in [0.2, 0.25) is 5.15 Å². The Balaban J connectivity index is 2.07. The van der Waals surface area contributed by atoms with Gasteiger partial charge in [-0.1, -0.05) is 11.6 Å². The van der Waals surface area contributed by atoms with Crippen LogP contribution in [0.15, 0.2) is 18.3 Å². The average Bonchev–Trinajstić information content (AvgIpc) is 2.93. The number of halogens is 1.